The summed E-state index contributed by atoms with van der Waals surface area (Å²) in [5.74, 6) is 0.762. The van der Waals surface area contributed by atoms with Crippen molar-refractivity contribution in [2.75, 3.05) is 18.4 Å². The van der Waals surface area contributed by atoms with Gasteiger partial charge in [-0.2, -0.15) is 0 Å². The fraction of sp³-hybridized carbons (Fsp3) is 0.423. The molecular weight excluding hydrogens is 422 g/mol. The van der Waals surface area contributed by atoms with Gasteiger partial charge in [0.15, 0.2) is 0 Å². The van der Waals surface area contributed by atoms with Crippen LogP contribution in [0.5, 0.6) is 0 Å². The van der Waals surface area contributed by atoms with Crippen LogP contribution in [0.25, 0.3) is 11.3 Å². The fourth-order valence-corrected chi connectivity index (χ4v) is 5.23. The first-order valence-corrected chi connectivity index (χ1v) is 12.6. The van der Waals surface area contributed by atoms with E-state index in [0.717, 1.165) is 61.2 Å². The lowest BCUT2D eigenvalue weighted by Crippen LogP contribution is -2.16. The largest absolute Gasteiger partial charge is 0.380 e. The Hall–Kier alpha value is -1.88. The molecule has 164 valence electrons. The standard InChI is InChI=1S/C26H32ClN3S/c1-18(2)4-3-5-25-30-24(17-31-25)21-8-6-19(7-9-21)16-29-26-22-13-15-28-14-12-20(22)10-11-23(26)27/h6-11,17-18,28-29H,3-5,12-16H2,1-2H3. The van der Waals surface area contributed by atoms with Gasteiger partial charge in [0.05, 0.1) is 21.4 Å². The molecule has 0 amide bonds. The number of hydrogen-bond acceptors (Lipinski definition) is 4. The van der Waals surface area contributed by atoms with Crippen LogP contribution in [0.1, 0.15) is 48.4 Å². The average Bonchev–Trinajstić information content (AvgIpc) is 3.10. The highest BCUT2D eigenvalue weighted by atomic mass is 35.5. The first kappa shape index (κ1) is 22.3. The molecule has 0 saturated carbocycles. The quantitative estimate of drug-likeness (QED) is 0.396. The number of thiazole rings is 1. The lowest BCUT2D eigenvalue weighted by molar-refractivity contribution is 0.555. The van der Waals surface area contributed by atoms with E-state index in [1.165, 1.54) is 40.1 Å². The number of aryl methyl sites for hydroxylation is 1. The molecule has 1 aliphatic rings. The summed E-state index contributed by atoms with van der Waals surface area (Å²) in [6, 6.07) is 12.9. The lowest BCUT2D eigenvalue weighted by atomic mass is 10.0. The summed E-state index contributed by atoms with van der Waals surface area (Å²) in [4.78, 5) is 4.85. The highest BCUT2D eigenvalue weighted by Gasteiger charge is 2.14. The summed E-state index contributed by atoms with van der Waals surface area (Å²) in [6.07, 6.45) is 5.64. The van der Waals surface area contributed by atoms with Crippen LogP contribution in [0.4, 0.5) is 5.69 Å². The predicted octanol–water partition coefficient (Wildman–Crippen LogP) is 6.74. The maximum absolute atomic E-state index is 6.55. The van der Waals surface area contributed by atoms with Gasteiger partial charge in [-0.05, 0) is 67.4 Å². The van der Waals surface area contributed by atoms with Crippen LogP contribution < -0.4 is 10.6 Å². The monoisotopic (exact) mass is 453 g/mol. The highest BCUT2D eigenvalue weighted by Crippen LogP contribution is 2.31. The van der Waals surface area contributed by atoms with Crippen LogP contribution in [0.3, 0.4) is 0 Å². The van der Waals surface area contributed by atoms with E-state index in [0.29, 0.717) is 0 Å². The zero-order valence-corrected chi connectivity index (χ0v) is 20.1. The number of hydrogen-bond donors (Lipinski definition) is 2. The summed E-state index contributed by atoms with van der Waals surface area (Å²) in [5.41, 5.74) is 7.39. The van der Waals surface area contributed by atoms with Gasteiger partial charge in [-0.3, -0.25) is 0 Å². The summed E-state index contributed by atoms with van der Waals surface area (Å²) < 4.78 is 0. The third kappa shape index (κ3) is 5.88. The predicted molar refractivity (Wildman–Crippen MR) is 134 cm³/mol. The number of nitrogens with zero attached hydrogens (tertiary/aromatic N) is 1. The molecule has 2 N–H and O–H groups in total. The van der Waals surface area contributed by atoms with Gasteiger partial charge in [-0.25, -0.2) is 4.98 Å². The third-order valence-corrected chi connectivity index (χ3v) is 7.15. The molecule has 0 atom stereocenters. The Kier molecular flexibility index (Phi) is 7.65. The van der Waals surface area contributed by atoms with Crippen LogP contribution in [-0.2, 0) is 25.8 Å². The number of aromatic nitrogens is 1. The smallest absolute Gasteiger partial charge is 0.0932 e. The van der Waals surface area contributed by atoms with Crippen LogP contribution in [0, 0.1) is 5.92 Å². The van der Waals surface area contributed by atoms with Crippen LogP contribution >= 0.6 is 22.9 Å². The summed E-state index contributed by atoms with van der Waals surface area (Å²) in [6.45, 7) is 7.36. The van der Waals surface area contributed by atoms with Gasteiger partial charge in [-0.15, -0.1) is 11.3 Å². The van der Waals surface area contributed by atoms with E-state index in [-0.39, 0.29) is 0 Å². The Labute approximate surface area is 195 Å². The number of halogens is 1. The molecule has 3 nitrogen and oxygen atoms in total. The number of nitrogens with one attached hydrogen (secondary N) is 2. The molecule has 3 aromatic rings. The summed E-state index contributed by atoms with van der Waals surface area (Å²) in [5, 5.41) is 11.3. The molecule has 0 fully saturated rings. The molecule has 4 rings (SSSR count). The zero-order chi connectivity index (χ0) is 21.6. The number of rotatable bonds is 8. The van der Waals surface area contributed by atoms with Gasteiger partial charge in [0, 0.05) is 17.5 Å². The van der Waals surface area contributed by atoms with Crippen molar-refractivity contribution in [1.82, 2.24) is 10.3 Å². The van der Waals surface area contributed by atoms with Crippen molar-refractivity contribution in [2.24, 2.45) is 5.92 Å². The summed E-state index contributed by atoms with van der Waals surface area (Å²) in [7, 11) is 0. The van der Waals surface area contributed by atoms with Crippen molar-refractivity contribution in [1.29, 1.82) is 0 Å². The van der Waals surface area contributed by atoms with E-state index in [1.807, 2.05) is 6.07 Å². The minimum Gasteiger partial charge on any atom is -0.380 e. The molecule has 0 radical (unpaired) electrons. The minimum atomic E-state index is 0.762. The Balaban J connectivity index is 1.39. The van der Waals surface area contributed by atoms with E-state index in [1.54, 1.807) is 11.3 Å². The molecule has 0 saturated heterocycles. The third-order valence-electron chi connectivity index (χ3n) is 5.92. The molecule has 0 unspecified atom stereocenters. The normalized spacial score (nSPS) is 13.8. The number of fused-ring (bicyclic) bond motifs is 1. The maximum Gasteiger partial charge on any atom is 0.0932 e. The highest BCUT2D eigenvalue weighted by molar-refractivity contribution is 7.09. The molecule has 0 bridgehead atoms. The van der Waals surface area contributed by atoms with Gasteiger partial charge < -0.3 is 10.6 Å². The maximum atomic E-state index is 6.55. The van der Waals surface area contributed by atoms with E-state index in [9.17, 15) is 0 Å². The van der Waals surface area contributed by atoms with Gasteiger partial charge in [0.25, 0.3) is 0 Å². The van der Waals surface area contributed by atoms with Crippen molar-refractivity contribution < 1.29 is 0 Å². The fourth-order valence-electron chi connectivity index (χ4n) is 4.14. The molecule has 2 heterocycles. The Morgan fingerprint density at radius 2 is 1.90 bits per heavy atom. The molecule has 31 heavy (non-hydrogen) atoms. The lowest BCUT2D eigenvalue weighted by Gasteiger charge is -2.16. The second kappa shape index (κ2) is 10.6. The molecule has 1 aliphatic heterocycles. The van der Waals surface area contributed by atoms with E-state index < -0.39 is 0 Å². The Morgan fingerprint density at radius 1 is 1.10 bits per heavy atom. The van der Waals surface area contributed by atoms with E-state index in [2.05, 4.69) is 60.2 Å². The molecular formula is C26H32ClN3S. The topological polar surface area (TPSA) is 37.0 Å². The van der Waals surface area contributed by atoms with Crippen molar-refractivity contribution in [3.63, 3.8) is 0 Å². The van der Waals surface area contributed by atoms with Gasteiger partial charge >= 0.3 is 0 Å². The van der Waals surface area contributed by atoms with E-state index in [4.69, 9.17) is 16.6 Å². The first-order valence-electron chi connectivity index (χ1n) is 11.4. The molecule has 1 aromatic heterocycles. The average molecular weight is 454 g/mol. The number of anilines is 1. The van der Waals surface area contributed by atoms with Gasteiger partial charge in [0.2, 0.25) is 0 Å². The summed E-state index contributed by atoms with van der Waals surface area (Å²) >= 11 is 8.33. The van der Waals surface area contributed by atoms with Crippen molar-refractivity contribution in [2.45, 2.75) is 52.5 Å². The molecule has 2 aromatic carbocycles. The van der Waals surface area contributed by atoms with Gasteiger partial charge in [0.1, 0.15) is 0 Å². The van der Waals surface area contributed by atoms with Gasteiger partial charge in [-0.1, -0.05) is 62.2 Å². The van der Waals surface area contributed by atoms with Crippen LogP contribution in [0.15, 0.2) is 41.8 Å². The SMILES string of the molecule is CC(C)CCCc1nc(-c2ccc(CNc3c(Cl)ccc4c3CCNCC4)cc2)cs1. The Morgan fingerprint density at radius 3 is 2.71 bits per heavy atom. The minimum absolute atomic E-state index is 0.762. The first-order chi connectivity index (χ1) is 15.1. The van der Waals surface area contributed by atoms with Crippen molar-refractivity contribution >= 4 is 28.6 Å². The Bertz CT molecular complexity index is 994. The number of benzene rings is 2. The van der Waals surface area contributed by atoms with Crippen molar-refractivity contribution in [3.8, 4) is 11.3 Å². The van der Waals surface area contributed by atoms with E-state index >= 15 is 0 Å². The van der Waals surface area contributed by atoms with Crippen LogP contribution in [-0.4, -0.2) is 18.1 Å². The molecule has 5 heteroatoms. The zero-order valence-electron chi connectivity index (χ0n) is 18.5. The molecule has 0 aliphatic carbocycles. The van der Waals surface area contributed by atoms with Crippen molar-refractivity contribution in [3.05, 3.63) is 68.5 Å². The van der Waals surface area contributed by atoms with Crippen LogP contribution in [0.2, 0.25) is 5.02 Å². The second-order valence-corrected chi connectivity index (χ2v) is 10.1. The molecule has 0 spiro atoms. The second-order valence-electron chi connectivity index (χ2n) is 8.77.